The number of esters is 1. The van der Waals surface area contributed by atoms with Crippen LogP contribution in [0.2, 0.25) is 0 Å². The highest BCUT2D eigenvalue weighted by atomic mass is 32.2. The molecule has 0 bridgehead atoms. The minimum absolute atomic E-state index is 0.184. The number of oxime groups is 1. The predicted molar refractivity (Wildman–Crippen MR) is 101 cm³/mol. The first kappa shape index (κ1) is 19.4. The Bertz CT molecular complexity index is 846. The van der Waals surface area contributed by atoms with Crippen LogP contribution in [-0.4, -0.2) is 35.7 Å². The van der Waals surface area contributed by atoms with Gasteiger partial charge in [-0.3, -0.25) is 4.21 Å². The van der Waals surface area contributed by atoms with Gasteiger partial charge in [0.25, 0.3) is 0 Å². The van der Waals surface area contributed by atoms with Crippen molar-refractivity contribution < 1.29 is 23.3 Å². The molecular weight excluding hydrogens is 354 g/mol. The molecule has 2 aromatic carbocycles. The van der Waals surface area contributed by atoms with Crippen molar-refractivity contribution in [2.75, 3.05) is 20.5 Å². The first-order chi connectivity index (χ1) is 12.6. The summed E-state index contributed by atoms with van der Waals surface area (Å²) in [6, 6.07) is 15.8. The van der Waals surface area contributed by atoms with E-state index in [1.54, 1.807) is 48.5 Å². The zero-order valence-electron chi connectivity index (χ0n) is 14.7. The van der Waals surface area contributed by atoms with Crippen LogP contribution in [0.1, 0.15) is 11.1 Å². The molecule has 0 N–H and O–H groups in total. The molecule has 1 atom stereocenters. The monoisotopic (exact) mass is 373 g/mol. The van der Waals surface area contributed by atoms with Gasteiger partial charge in [-0.15, -0.1) is 0 Å². The fourth-order valence-electron chi connectivity index (χ4n) is 2.19. The van der Waals surface area contributed by atoms with Crippen LogP contribution >= 0.6 is 0 Å². The van der Waals surface area contributed by atoms with Gasteiger partial charge in [0, 0.05) is 17.4 Å². The number of carbonyl (C=O) groups is 1. The van der Waals surface area contributed by atoms with Crippen LogP contribution in [0.15, 0.2) is 66.0 Å². The Kier molecular flexibility index (Phi) is 7.11. The van der Waals surface area contributed by atoms with Crippen molar-refractivity contribution in [3.05, 3.63) is 72.0 Å². The van der Waals surface area contributed by atoms with Crippen molar-refractivity contribution >= 4 is 27.4 Å². The molecule has 0 fully saturated rings. The summed E-state index contributed by atoms with van der Waals surface area (Å²) in [6.45, 7) is 0. The fraction of sp³-hybridized carbons (Fsp3) is 0.158. The van der Waals surface area contributed by atoms with Crippen LogP contribution in [0.5, 0.6) is 5.75 Å². The van der Waals surface area contributed by atoms with E-state index in [1.165, 1.54) is 26.7 Å². The number of ether oxygens (including phenoxy) is 2. The third-order valence-electron chi connectivity index (χ3n) is 3.34. The molecule has 6 nitrogen and oxygen atoms in total. The minimum atomic E-state index is -1.47. The van der Waals surface area contributed by atoms with Crippen molar-refractivity contribution in [3.63, 3.8) is 0 Å². The van der Waals surface area contributed by atoms with Gasteiger partial charge in [-0.05, 0) is 12.1 Å². The first-order valence-corrected chi connectivity index (χ1v) is 9.18. The summed E-state index contributed by atoms with van der Waals surface area (Å²) in [6.07, 6.45) is 2.76. The second-order valence-electron chi connectivity index (χ2n) is 5.06. The van der Waals surface area contributed by atoms with E-state index in [9.17, 15) is 9.00 Å². The number of rotatable bonds is 6. The fourth-order valence-corrected chi connectivity index (χ4v) is 2.82. The van der Waals surface area contributed by atoms with Gasteiger partial charge in [-0.25, -0.2) is 4.79 Å². The van der Waals surface area contributed by atoms with E-state index in [4.69, 9.17) is 14.3 Å². The maximum Gasteiger partial charge on any atom is 0.341 e. The molecule has 0 radical (unpaired) electrons. The number of para-hydroxylation sites is 1. The molecule has 136 valence electrons. The van der Waals surface area contributed by atoms with Gasteiger partial charge in [-0.1, -0.05) is 47.6 Å². The molecule has 0 saturated heterocycles. The zero-order chi connectivity index (χ0) is 18.9. The lowest BCUT2D eigenvalue weighted by atomic mass is 10.0. The van der Waals surface area contributed by atoms with Gasteiger partial charge in [-0.2, -0.15) is 0 Å². The van der Waals surface area contributed by atoms with E-state index in [1.807, 2.05) is 6.07 Å². The summed E-state index contributed by atoms with van der Waals surface area (Å²) in [4.78, 5) is 17.5. The summed E-state index contributed by atoms with van der Waals surface area (Å²) in [5.41, 5.74) is 1.15. The van der Waals surface area contributed by atoms with Gasteiger partial charge in [0.05, 0.1) is 31.3 Å². The SMILES string of the molecule is COC=C(C(=O)OC)c1ccccc1C(=NOc1ccccc1)S(C)=O. The molecule has 0 aromatic heterocycles. The predicted octanol–water partition coefficient (Wildman–Crippen LogP) is 2.97. The number of nitrogens with zero attached hydrogens (tertiary/aromatic N) is 1. The maximum absolute atomic E-state index is 12.3. The summed E-state index contributed by atoms with van der Waals surface area (Å²) in [5, 5.41) is 4.24. The Hall–Kier alpha value is -2.93. The summed E-state index contributed by atoms with van der Waals surface area (Å²) in [5.74, 6) is -0.0712. The van der Waals surface area contributed by atoms with Crippen LogP contribution in [0, 0.1) is 0 Å². The molecule has 7 heteroatoms. The topological polar surface area (TPSA) is 74.2 Å². The summed E-state index contributed by atoms with van der Waals surface area (Å²) < 4.78 is 22.1. The van der Waals surface area contributed by atoms with E-state index in [2.05, 4.69) is 5.16 Å². The minimum Gasteiger partial charge on any atom is -0.503 e. The molecule has 0 aliphatic rings. The lowest BCUT2D eigenvalue weighted by molar-refractivity contribution is -0.133. The van der Waals surface area contributed by atoms with E-state index < -0.39 is 16.8 Å². The number of carbonyl (C=O) groups excluding carboxylic acids is 1. The highest BCUT2D eigenvalue weighted by Gasteiger charge is 2.21. The van der Waals surface area contributed by atoms with Gasteiger partial charge in [0.1, 0.15) is 5.57 Å². The first-order valence-electron chi connectivity index (χ1n) is 7.63. The lowest BCUT2D eigenvalue weighted by Crippen LogP contribution is -2.14. The largest absolute Gasteiger partial charge is 0.503 e. The van der Waals surface area contributed by atoms with Gasteiger partial charge < -0.3 is 14.3 Å². The molecule has 0 spiro atoms. The van der Waals surface area contributed by atoms with E-state index in [-0.39, 0.29) is 10.6 Å². The molecule has 0 heterocycles. The molecule has 0 amide bonds. The van der Waals surface area contributed by atoms with Crippen LogP contribution in [0.25, 0.3) is 5.57 Å². The molecule has 1 unspecified atom stereocenters. The molecular formula is C19H19NO5S. The molecule has 0 aliphatic carbocycles. The van der Waals surface area contributed by atoms with Crippen LogP contribution < -0.4 is 4.84 Å². The quantitative estimate of drug-likeness (QED) is 0.194. The lowest BCUT2D eigenvalue weighted by Gasteiger charge is -2.12. The second-order valence-corrected chi connectivity index (χ2v) is 6.35. The molecule has 2 rings (SSSR count). The molecule has 26 heavy (non-hydrogen) atoms. The van der Waals surface area contributed by atoms with Gasteiger partial charge >= 0.3 is 5.97 Å². The Morgan fingerprint density at radius 1 is 1.00 bits per heavy atom. The maximum atomic E-state index is 12.3. The third kappa shape index (κ3) is 4.80. The smallest absolute Gasteiger partial charge is 0.341 e. The molecule has 2 aromatic rings. The zero-order valence-corrected chi connectivity index (χ0v) is 15.5. The Labute approximate surface area is 154 Å². The Morgan fingerprint density at radius 3 is 2.19 bits per heavy atom. The van der Waals surface area contributed by atoms with E-state index in [0.29, 0.717) is 16.9 Å². The average molecular weight is 373 g/mol. The molecule has 0 aliphatic heterocycles. The van der Waals surface area contributed by atoms with E-state index in [0.717, 1.165) is 0 Å². The van der Waals surface area contributed by atoms with E-state index >= 15 is 0 Å². The number of hydrogen-bond acceptors (Lipinski definition) is 6. The Morgan fingerprint density at radius 2 is 1.62 bits per heavy atom. The number of hydrogen-bond donors (Lipinski definition) is 0. The number of methoxy groups -OCH3 is 2. The van der Waals surface area contributed by atoms with Crippen LogP contribution in [0.4, 0.5) is 0 Å². The normalized spacial score (nSPS) is 13.0. The standard InChI is InChI=1S/C19H19NO5S/c1-23-13-17(19(21)24-2)15-11-7-8-12-16(15)18(26(3)22)20-25-14-9-5-4-6-10-14/h4-13H,1-3H3. The van der Waals surface area contributed by atoms with Crippen molar-refractivity contribution in [1.29, 1.82) is 0 Å². The average Bonchev–Trinajstić information content (AvgIpc) is 2.67. The van der Waals surface area contributed by atoms with Crippen LogP contribution in [0.3, 0.4) is 0 Å². The van der Waals surface area contributed by atoms with Crippen molar-refractivity contribution in [2.24, 2.45) is 5.16 Å². The van der Waals surface area contributed by atoms with Crippen molar-refractivity contribution in [3.8, 4) is 5.75 Å². The molecule has 0 saturated carbocycles. The van der Waals surface area contributed by atoms with Crippen molar-refractivity contribution in [1.82, 2.24) is 0 Å². The van der Waals surface area contributed by atoms with Gasteiger partial charge in [0.15, 0.2) is 10.8 Å². The van der Waals surface area contributed by atoms with Crippen LogP contribution in [-0.2, 0) is 25.1 Å². The highest BCUT2D eigenvalue weighted by Crippen LogP contribution is 2.23. The van der Waals surface area contributed by atoms with Gasteiger partial charge in [0.2, 0.25) is 0 Å². The summed E-state index contributed by atoms with van der Waals surface area (Å²) >= 11 is 0. The highest BCUT2D eigenvalue weighted by molar-refractivity contribution is 8.00. The number of benzene rings is 2. The van der Waals surface area contributed by atoms with Crippen molar-refractivity contribution in [2.45, 2.75) is 0 Å². The third-order valence-corrected chi connectivity index (χ3v) is 4.18. The summed E-state index contributed by atoms with van der Waals surface area (Å²) in [7, 11) is 1.24. The second kappa shape index (κ2) is 9.53. The Balaban J connectivity index is 2.52.